The summed E-state index contributed by atoms with van der Waals surface area (Å²) < 4.78 is 2.48. The molecule has 182 valence electrons. The zero-order valence-electron chi connectivity index (χ0n) is 21.8. The van der Waals surface area contributed by atoms with Crippen molar-refractivity contribution in [1.29, 1.82) is 0 Å². The van der Waals surface area contributed by atoms with Crippen LogP contribution in [0.5, 0.6) is 0 Å². The molecule has 0 saturated heterocycles. The highest BCUT2D eigenvalue weighted by molar-refractivity contribution is 6.10. The van der Waals surface area contributed by atoms with Crippen molar-refractivity contribution in [3.05, 3.63) is 102 Å². The molecule has 4 aliphatic rings. The fourth-order valence-corrected chi connectivity index (χ4v) is 7.90. The van der Waals surface area contributed by atoms with E-state index in [0.717, 1.165) is 23.7 Å². The second-order valence-electron chi connectivity index (χ2n) is 12.7. The number of rotatable bonds is 5. The first-order valence-electron chi connectivity index (χ1n) is 14.0. The quantitative estimate of drug-likeness (QED) is 0.245. The van der Waals surface area contributed by atoms with E-state index in [1.165, 1.54) is 51.7 Å². The molecule has 4 fully saturated rings. The van der Waals surface area contributed by atoms with Crippen LogP contribution in [0, 0.1) is 23.7 Å². The predicted molar refractivity (Wildman–Crippen MR) is 153 cm³/mol. The number of hydrogen-bond acceptors (Lipinski definition) is 1. The molecular weight excluding hydrogens is 448 g/mol. The molecule has 9 rings (SSSR count). The van der Waals surface area contributed by atoms with Gasteiger partial charge < -0.3 is 9.47 Å². The van der Waals surface area contributed by atoms with Crippen molar-refractivity contribution >= 4 is 33.2 Å². The molecule has 1 aromatic heterocycles. The second-order valence-corrected chi connectivity index (χ2v) is 12.7. The Hall–Kier alpha value is -3.52. The second kappa shape index (κ2) is 6.48. The molecule has 1 heterocycles. The molecule has 4 aromatic carbocycles. The van der Waals surface area contributed by atoms with Crippen LogP contribution in [0.2, 0.25) is 0 Å². The van der Waals surface area contributed by atoms with Crippen molar-refractivity contribution in [2.75, 3.05) is 11.9 Å². The van der Waals surface area contributed by atoms with Gasteiger partial charge in [-0.15, -0.1) is 0 Å². The van der Waals surface area contributed by atoms with E-state index in [2.05, 4.69) is 121 Å². The summed E-state index contributed by atoms with van der Waals surface area (Å²) in [5.74, 6) is 3.72. The average molecular weight is 481 g/mol. The monoisotopic (exact) mass is 480 g/mol. The smallest absolute Gasteiger partial charge is 0.0541 e. The molecule has 2 nitrogen and oxygen atoms in total. The van der Waals surface area contributed by atoms with Gasteiger partial charge >= 0.3 is 0 Å². The summed E-state index contributed by atoms with van der Waals surface area (Å²) in [4.78, 5) is 2.25. The first-order valence-corrected chi connectivity index (χ1v) is 14.0. The normalized spacial score (nSPS) is 32.2. The third kappa shape index (κ3) is 2.56. The first kappa shape index (κ1) is 20.5. The van der Waals surface area contributed by atoms with Crippen molar-refractivity contribution in [1.82, 2.24) is 4.57 Å². The van der Waals surface area contributed by atoms with Crippen LogP contribution < -0.4 is 4.90 Å². The van der Waals surface area contributed by atoms with Crippen molar-refractivity contribution in [2.24, 2.45) is 23.7 Å². The molecule has 2 heteroatoms. The average Bonchev–Trinajstić information content (AvgIpc) is 3.82. The zero-order chi connectivity index (χ0) is 24.7. The van der Waals surface area contributed by atoms with Crippen molar-refractivity contribution in [2.45, 2.75) is 37.5 Å². The van der Waals surface area contributed by atoms with Gasteiger partial charge in [-0.3, -0.25) is 0 Å². The van der Waals surface area contributed by atoms with Gasteiger partial charge in [0.2, 0.25) is 0 Å². The Morgan fingerprint density at radius 1 is 0.622 bits per heavy atom. The van der Waals surface area contributed by atoms with Crippen molar-refractivity contribution in [3.63, 3.8) is 0 Å². The summed E-state index contributed by atoms with van der Waals surface area (Å²) in [5, 5.41) is 2.84. The third-order valence-electron chi connectivity index (χ3n) is 11.1. The topological polar surface area (TPSA) is 8.17 Å². The summed E-state index contributed by atoms with van der Waals surface area (Å²) in [6.45, 7) is 4.97. The first-order chi connectivity index (χ1) is 18.0. The van der Waals surface area contributed by atoms with Crippen LogP contribution in [0.3, 0.4) is 0 Å². The van der Waals surface area contributed by atoms with Gasteiger partial charge in [-0.25, -0.2) is 0 Å². The molecule has 0 amide bonds. The highest BCUT2D eigenvalue weighted by Crippen LogP contribution is 2.78. The Morgan fingerprint density at radius 2 is 1.11 bits per heavy atom. The van der Waals surface area contributed by atoms with E-state index in [-0.39, 0.29) is 0 Å². The fourth-order valence-electron chi connectivity index (χ4n) is 7.90. The van der Waals surface area contributed by atoms with Crippen LogP contribution in [-0.4, -0.2) is 11.6 Å². The Kier molecular flexibility index (Phi) is 3.59. The lowest BCUT2D eigenvalue weighted by molar-refractivity contribution is 0.563. The Bertz CT molecular complexity index is 1640. The maximum atomic E-state index is 2.54. The number of nitrogens with zero attached hydrogens (tertiary/aromatic N) is 2. The fraction of sp³-hybridized carbons (Fsp3) is 0.314. The molecule has 4 aliphatic carbocycles. The SMILES string of the molecule is CN(c1ccccc1)c1ccc(-n2c3ccc(C4(C)C5CC54)cc3c3cc(C4(C)C5CC54)ccc32)cc1. The van der Waals surface area contributed by atoms with Gasteiger partial charge in [-0.1, -0.05) is 44.2 Å². The van der Waals surface area contributed by atoms with E-state index in [0.29, 0.717) is 10.8 Å². The van der Waals surface area contributed by atoms with E-state index in [1.807, 2.05) is 0 Å². The minimum absolute atomic E-state index is 0.425. The number of para-hydroxylation sites is 1. The molecule has 4 unspecified atom stereocenters. The van der Waals surface area contributed by atoms with Crippen LogP contribution in [0.4, 0.5) is 11.4 Å². The minimum Gasteiger partial charge on any atom is -0.345 e. The lowest BCUT2D eigenvalue weighted by Crippen LogP contribution is -2.11. The lowest BCUT2D eigenvalue weighted by Gasteiger charge is -2.20. The molecule has 0 bridgehead atoms. The van der Waals surface area contributed by atoms with Crippen molar-refractivity contribution < 1.29 is 0 Å². The van der Waals surface area contributed by atoms with Gasteiger partial charge in [0.05, 0.1) is 11.0 Å². The van der Waals surface area contributed by atoms with E-state index in [1.54, 1.807) is 11.1 Å². The van der Waals surface area contributed by atoms with E-state index >= 15 is 0 Å². The largest absolute Gasteiger partial charge is 0.345 e. The standard InChI is InChI=1S/C35H32N2/c1-34(28-19-29(28)34)21-9-15-32-26(17-21)27-18-22(35(2)30-20-31(30)35)10-16-33(27)37(32)25-13-11-24(12-14-25)36(3)23-7-5-4-6-8-23/h4-18,28-31H,19-20H2,1-3H3. The van der Waals surface area contributed by atoms with Gasteiger partial charge in [0, 0.05) is 34.9 Å². The molecule has 5 aromatic rings. The van der Waals surface area contributed by atoms with Crippen molar-refractivity contribution in [3.8, 4) is 5.69 Å². The maximum Gasteiger partial charge on any atom is 0.0541 e. The number of hydrogen-bond donors (Lipinski definition) is 0. The molecule has 0 radical (unpaired) electrons. The maximum absolute atomic E-state index is 2.54. The number of fused-ring (bicyclic) bond motifs is 5. The molecule has 4 saturated carbocycles. The third-order valence-corrected chi connectivity index (χ3v) is 11.1. The number of anilines is 2. The Labute approximate surface area is 218 Å². The molecule has 4 atom stereocenters. The molecular formula is C35H32N2. The molecule has 0 spiro atoms. The van der Waals surface area contributed by atoms with Crippen LogP contribution in [0.25, 0.3) is 27.5 Å². The zero-order valence-corrected chi connectivity index (χ0v) is 21.8. The number of aromatic nitrogens is 1. The van der Waals surface area contributed by atoms with Gasteiger partial charge in [0.15, 0.2) is 0 Å². The van der Waals surface area contributed by atoms with Gasteiger partial charge in [-0.05, 0) is 119 Å². The van der Waals surface area contributed by atoms with Gasteiger partial charge in [0.1, 0.15) is 0 Å². The van der Waals surface area contributed by atoms with E-state index < -0.39 is 0 Å². The highest BCUT2D eigenvalue weighted by atomic mass is 15.1. The number of benzene rings is 4. The summed E-state index contributed by atoms with van der Waals surface area (Å²) in [6, 6.07) is 34.3. The Balaban J connectivity index is 1.20. The van der Waals surface area contributed by atoms with Crippen LogP contribution >= 0.6 is 0 Å². The summed E-state index contributed by atoms with van der Waals surface area (Å²) in [6.07, 6.45) is 2.87. The summed E-state index contributed by atoms with van der Waals surface area (Å²) >= 11 is 0. The highest BCUT2D eigenvalue weighted by Gasteiger charge is 2.74. The Morgan fingerprint density at radius 3 is 1.57 bits per heavy atom. The molecule has 0 N–H and O–H groups in total. The predicted octanol–water partition coefficient (Wildman–Crippen LogP) is 8.37. The summed E-state index contributed by atoms with van der Waals surface area (Å²) in [5.41, 5.74) is 10.2. The molecule has 37 heavy (non-hydrogen) atoms. The van der Waals surface area contributed by atoms with Gasteiger partial charge in [0.25, 0.3) is 0 Å². The van der Waals surface area contributed by atoms with Gasteiger partial charge in [-0.2, -0.15) is 0 Å². The van der Waals surface area contributed by atoms with Crippen LogP contribution in [0.15, 0.2) is 91.0 Å². The van der Waals surface area contributed by atoms with Crippen LogP contribution in [0.1, 0.15) is 37.8 Å². The molecule has 0 aliphatic heterocycles. The van der Waals surface area contributed by atoms with Crippen LogP contribution in [-0.2, 0) is 10.8 Å². The minimum atomic E-state index is 0.425. The van der Waals surface area contributed by atoms with E-state index in [9.17, 15) is 0 Å². The lowest BCUT2D eigenvalue weighted by atomic mass is 9.86. The summed E-state index contributed by atoms with van der Waals surface area (Å²) in [7, 11) is 2.14. The van der Waals surface area contributed by atoms with E-state index in [4.69, 9.17) is 0 Å².